The van der Waals surface area contributed by atoms with Crippen molar-refractivity contribution < 1.29 is 14.9 Å². The molecule has 0 aliphatic rings. The van der Waals surface area contributed by atoms with Gasteiger partial charge in [0.15, 0.2) is 0 Å². The second-order valence-electron chi connectivity index (χ2n) is 2.20. The molecule has 80 valence electrons. The van der Waals surface area contributed by atoms with E-state index in [0.717, 1.165) is 0 Å². The van der Waals surface area contributed by atoms with Gasteiger partial charge < -0.3 is 0 Å². The summed E-state index contributed by atoms with van der Waals surface area (Å²) in [4.78, 5) is 0. The van der Waals surface area contributed by atoms with Gasteiger partial charge in [-0.2, -0.15) is 0 Å². The first-order valence-corrected chi connectivity index (χ1v) is 7.11. The Hall–Kier alpha value is -0.542. The molecule has 0 rings (SSSR count). The fourth-order valence-corrected chi connectivity index (χ4v) is 2.83. The van der Waals surface area contributed by atoms with Crippen LogP contribution in [0.5, 0.6) is 0 Å². The predicted octanol–water partition coefficient (Wildman–Crippen LogP) is 1.46. The van der Waals surface area contributed by atoms with Crippen LogP contribution < -0.4 is 0 Å². The fourth-order valence-electron chi connectivity index (χ4n) is 0.544. The molecule has 0 aromatic heterocycles. The summed E-state index contributed by atoms with van der Waals surface area (Å²) >= 11 is -4.12. The summed E-state index contributed by atoms with van der Waals surface area (Å²) in [6, 6.07) is 0. The summed E-state index contributed by atoms with van der Waals surface area (Å²) in [5.74, 6) is 0. The molecule has 5 heteroatoms. The molecular formula is C9H15AsO4. The monoisotopic (exact) mass is 262 g/mol. The Bertz CT molecular complexity index is 199. The molecular weight excluding hydrogens is 247 g/mol. The Kier molecular flexibility index (Phi) is 7.52. The Morgan fingerprint density at radius 2 is 1.14 bits per heavy atom. The zero-order valence-corrected chi connectivity index (χ0v) is 9.93. The first-order valence-electron chi connectivity index (χ1n) is 4.05. The molecule has 0 aliphatic carbocycles. The van der Waals surface area contributed by atoms with Crippen molar-refractivity contribution in [2.45, 2.75) is 0 Å². The quantitative estimate of drug-likeness (QED) is 0.466. The van der Waals surface area contributed by atoms with E-state index < -0.39 is 14.5 Å². The van der Waals surface area contributed by atoms with E-state index in [1.807, 2.05) is 0 Å². The van der Waals surface area contributed by atoms with Gasteiger partial charge in [0.2, 0.25) is 0 Å². The molecule has 0 heterocycles. The van der Waals surface area contributed by atoms with Gasteiger partial charge in [0.1, 0.15) is 0 Å². The average molecular weight is 262 g/mol. The van der Waals surface area contributed by atoms with Crippen LogP contribution in [0.25, 0.3) is 0 Å². The van der Waals surface area contributed by atoms with E-state index in [1.54, 1.807) is 0 Å². The summed E-state index contributed by atoms with van der Waals surface area (Å²) < 4.78 is 26.6. The third-order valence-electron chi connectivity index (χ3n) is 1.05. The third kappa shape index (κ3) is 6.00. The molecule has 0 atom stereocenters. The second-order valence-corrected chi connectivity index (χ2v) is 5.70. The van der Waals surface area contributed by atoms with E-state index in [2.05, 4.69) is 19.7 Å². The molecule has 0 aromatic rings. The molecule has 0 fully saturated rings. The van der Waals surface area contributed by atoms with Crippen molar-refractivity contribution in [1.29, 1.82) is 0 Å². The predicted molar refractivity (Wildman–Crippen MR) is 54.9 cm³/mol. The van der Waals surface area contributed by atoms with Crippen LogP contribution in [-0.4, -0.2) is 34.3 Å². The first-order chi connectivity index (χ1) is 6.68. The van der Waals surface area contributed by atoms with E-state index in [4.69, 9.17) is 11.2 Å². The van der Waals surface area contributed by atoms with E-state index in [0.29, 0.717) is 0 Å². The number of hydrogen-bond acceptors (Lipinski definition) is 4. The van der Waals surface area contributed by atoms with Crippen molar-refractivity contribution >= 4 is 14.5 Å². The minimum absolute atomic E-state index is 0.130. The molecule has 0 aromatic carbocycles. The van der Waals surface area contributed by atoms with Crippen molar-refractivity contribution in [2.75, 3.05) is 19.8 Å². The molecule has 0 amide bonds. The molecule has 0 N–H and O–H groups in total. The molecule has 0 aliphatic heterocycles. The van der Waals surface area contributed by atoms with Crippen LogP contribution >= 0.6 is 0 Å². The van der Waals surface area contributed by atoms with Gasteiger partial charge in [-0.1, -0.05) is 0 Å². The van der Waals surface area contributed by atoms with Gasteiger partial charge in [0.05, 0.1) is 0 Å². The van der Waals surface area contributed by atoms with Crippen molar-refractivity contribution in [3.63, 3.8) is 0 Å². The van der Waals surface area contributed by atoms with Crippen LogP contribution in [0.4, 0.5) is 0 Å². The molecule has 14 heavy (non-hydrogen) atoms. The SMILES string of the molecule is C=CCO[As](=O)(OCC=C)OCC=C. The Balaban J connectivity index is 4.15. The zero-order valence-electron chi connectivity index (χ0n) is 8.05. The van der Waals surface area contributed by atoms with Gasteiger partial charge in [-0.15, -0.1) is 0 Å². The fraction of sp³-hybridized carbons (Fsp3) is 0.333. The summed E-state index contributed by atoms with van der Waals surface area (Å²) in [5, 5.41) is 0. The van der Waals surface area contributed by atoms with Crippen molar-refractivity contribution in [2.24, 2.45) is 0 Å². The maximum absolute atomic E-state index is 11.7. The zero-order chi connectivity index (χ0) is 10.9. The summed E-state index contributed by atoms with van der Waals surface area (Å²) in [5.41, 5.74) is 0. The van der Waals surface area contributed by atoms with Crippen LogP contribution in [0.1, 0.15) is 0 Å². The topological polar surface area (TPSA) is 44.8 Å². The number of hydrogen-bond donors (Lipinski definition) is 0. The molecule has 4 nitrogen and oxygen atoms in total. The summed E-state index contributed by atoms with van der Waals surface area (Å²) in [6.45, 7) is 10.7. The average Bonchev–Trinajstić information content (AvgIpc) is 2.21. The number of rotatable bonds is 9. The van der Waals surface area contributed by atoms with Gasteiger partial charge in [0.25, 0.3) is 0 Å². The molecule has 0 radical (unpaired) electrons. The Morgan fingerprint density at radius 3 is 1.36 bits per heavy atom. The maximum atomic E-state index is 11.7. The van der Waals surface area contributed by atoms with Gasteiger partial charge in [-0.25, -0.2) is 0 Å². The van der Waals surface area contributed by atoms with Crippen LogP contribution in [0, 0.1) is 0 Å². The second kappa shape index (κ2) is 7.82. The summed E-state index contributed by atoms with van der Waals surface area (Å²) in [6.07, 6.45) is 4.42. The van der Waals surface area contributed by atoms with Gasteiger partial charge >= 0.3 is 87.2 Å². The minimum atomic E-state index is -4.12. The van der Waals surface area contributed by atoms with E-state index in [9.17, 15) is 3.74 Å². The molecule has 0 bridgehead atoms. The van der Waals surface area contributed by atoms with E-state index >= 15 is 0 Å². The Morgan fingerprint density at radius 1 is 0.857 bits per heavy atom. The Labute approximate surface area is 87.6 Å². The van der Waals surface area contributed by atoms with Gasteiger partial charge in [-0.05, 0) is 0 Å². The van der Waals surface area contributed by atoms with Crippen LogP contribution in [0.15, 0.2) is 38.0 Å². The van der Waals surface area contributed by atoms with E-state index in [1.165, 1.54) is 18.2 Å². The van der Waals surface area contributed by atoms with Crippen LogP contribution in [0.3, 0.4) is 0 Å². The molecule has 0 saturated heterocycles. The van der Waals surface area contributed by atoms with Crippen LogP contribution in [0.2, 0.25) is 0 Å². The van der Waals surface area contributed by atoms with Crippen LogP contribution in [-0.2, 0) is 14.9 Å². The standard InChI is InChI=1S/C9H15AsO4/c1-4-7-12-10(11,13-8-5-2)14-9-6-3/h4-6H,1-3,7-9H2. The van der Waals surface area contributed by atoms with Gasteiger partial charge in [0, 0.05) is 0 Å². The van der Waals surface area contributed by atoms with Crippen molar-refractivity contribution in [3.8, 4) is 0 Å². The molecule has 0 spiro atoms. The molecule has 0 saturated carbocycles. The summed E-state index contributed by atoms with van der Waals surface area (Å²) in [7, 11) is 0. The van der Waals surface area contributed by atoms with Crippen molar-refractivity contribution in [1.82, 2.24) is 0 Å². The van der Waals surface area contributed by atoms with Gasteiger partial charge in [-0.3, -0.25) is 0 Å². The van der Waals surface area contributed by atoms with E-state index in [-0.39, 0.29) is 19.8 Å². The third-order valence-corrected chi connectivity index (χ3v) is 3.98. The molecule has 0 unspecified atom stereocenters. The first kappa shape index (κ1) is 13.5. The van der Waals surface area contributed by atoms with Crippen molar-refractivity contribution in [3.05, 3.63) is 38.0 Å². The normalized spacial score (nSPS) is 10.9.